The van der Waals surface area contributed by atoms with Crippen molar-refractivity contribution < 1.29 is 18.0 Å². The van der Waals surface area contributed by atoms with Gasteiger partial charge in [0.1, 0.15) is 0 Å². The largest absolute Gasteiger partial charge is 0.338 e. The molecule has 2 nitrogen and oxygen atoms in total. The van der Waals surface area contributed by atoms with Crippen LogP contribution in [0.15, 0.2) is 12.1 Å². The topological polar surface area (TPSA) is 20.3 Å². The van der Waals surface area contributed by atoms with Crippen molar-refractivity contribution in [2.75, 3.05) is 13.1 Å². The van der Waals surface area contributed by atoms with Gasteiger partial charge in [0.05, 0.1) is 0 Å². The van der Waals surface area contributed by atoms with E-state index in [1.807, 2.05) is 6.92 Å². The third-order valence-corrected chi connectivity index (χ3v) is 3.38. The number of hydrogen-bond donors (Lipinski definition) is 0. The van der Waals surface area contributed by atoms with Crippen molar-refractivity contribution in [3.63, 3.8) is 0 Å². The van der Waals surface area contributed by atoms with Gasteiger partial charge in [-0.3, -0.25) is 4.79 Å². The molecule has 1 saturated heterocycles. The Bertz CT molecular complexity index is 452. The molecule has 1 unspecified atom stereocenters. The van der Waals surface area contributed by atoms with Crippen LogP contribution < -0.4 is 0 Å². The van der Waals surface area contributed by atoms with Crippen LogP contribution in [0.1, 0.15) is 30.1 Å². The first kappa shape index (κ1) is 12.9. The zero-order chi connectivity index (χ0) is 13.3. The average molecular weight is 257 g/mol. The Morgan fingerprint density at radius 3 is 2.44 bits per heavy atom. The van der Waals surface area contributed by atoms with Crippen LogP contribution in [0.3, 0.4) is 0 Å². The number of halogens is 3. The monoisotopic (exact) mass is 257 g/mol. The minimum Gasteiger partial charge on any atom is -0.338 e. The minimum absolute atomic E-state index is 0.136. The standard InChI is InChI=1S/C13H14F3NO/c1-2-8-3-4-17(7-8)13(18)9-5-10(14)12(16)11(15)6-9/h5-6,8H,2-4,7H2,1H3. The molecule has 0 bridgehead atoms. The van der Waals surface area contributed by atoms with Gasteiger partial charge >= 0.3 is 0 Å². The van der Waals surface area contributed by atoms with E-state index in [2.05, 4.69) is 0 Å². The number of benzene rings is 1. The van der Waals surface area contributed by atoms with E-state index in [1.54, 1.807) is 4.90 Å². The highest BCUT2D eigenvalue weighted by Gasteiger charge is 2.27. The Hall–Kier alpha value is -1.52. The van der Waals surface area contributed by atoms with E-state index in [4.69, 9.17) is 0 Å². The lowest BCUT2D eigenvalue weighted by Gasteiger charge is -2.16. The smallest absolute Gasteiger partial charge is 0.254 e. The number of likely N-dealkylation sites (tertiary alicyclic amines) is 1. The maximum absolute atomic E-state index is 13.0. The summed E-state index contributed by atoms with van der Waals surface area (Å²) in [7, 11) is 0. The van der Waals surface area contributed by atoms with Crippen molar-refractivity contribution in [1.82, 2.24) is 4.90 Å². The van der Waals surface area contributed by atoms with Gasteiger partial charge in [-0.1, -0.05) is 13.3 Å². The van der Waals surface area contributed by atoms with Crippen molar-refractivity contribution >= 4 is 5.91 Å². The molecule has 98 valence electrons. The molecule has 0 N–H and O–H groups in total. The van der Waals surface area contributed by atoms with Crippen LogP contribution in [0, 0.1) is 23.4 Å². The lowest BCUT2D eigenvalue weighted by Crippen LogP contribution is -2.29. The molecule has 1 aliphatic heterocycles. The molecule has 1 amide bonds. The van der Waals surface area contributed by atoms with Gasteiger partial charge in [-0.25, -0.2) is 13.2 Å². The van der Waals surface area contributed by atoms with Crippen molar-refractivity contribution in [2.45, 2.75) is 19.8 Å². The van der Waals surface area contributed by atoms with E-state index in [0.29, 0.717) is 19.0 Å². The molecular formula is C13H14F3NO. The van der Waals surface area contributed by atoms with Crippen LogP contribution in [0.25, 0.3) is 0 Å². The molecular weight excluding hydrogens is 243 g/mol. The van der Waals surface area contributed by atoms with Crippen molar-refractivity contribution in [3.05, 3.63) is 35.1 Å². The Labute approximate surface area is 103 Å². The molecule has 1 aromatic carbocycles. The van der Waals surface area contributed by atoms with Crippen LogP contribution in [0.2, 0.25) is 0 Å². The van der Waals surface area contributed by atoms with Gasteiger partial charge in [0, 0.05) is 18.7 Å². The van der Waals surface area contributed by atoms with Crippen LogP contribution in [0.4, 0.5) is 13.2 Å². The predicted octanol–water partition coefficient (Wildman–Crippen LogP) is 2.98. The second-order valence-electron chi connectivity index (χ2n) is 4.57. The maximum atomic E-state index is 13.0. The third kappa shape index (κ3) is 2.35. The Morgan fingerprint density at radius 2 is 1.94 bits per heavy atom. The van der Waals surface area contributed by atoms with Gasteiger partial charge in [0.2, 0.25) is 0 Å². The van der Waals surface area contributed by atoms with Gasteiger partial charge in [-0.15, -0.1) is 0 Å². The summed E-state index contributed by atoms with van der Waals surface area (Å²) in [4.78, 5) is 13.6. The molecule has 0 aliphatic carbocycles. The minimum atomic E-state index is -1.54. The fourth-order valence-electron chi connectivity index (χ4n) is 2.21. The lowest BCUT2D eigenvalue weighted by atomic mass is 10.1. The Kier molecular flexibility index (Phi) is 3.59. The van der Waals surface area contributed by atoms with E-state index in [-0.39, 0.29) is 5.56 Å². The third-order valence-electron chi connectivity index (χ3n) is 3.38. The molecule has 1 aromatic rings. The highest BCUT2D eigenvalue weighted by atomic mass is 19.2. The van der Waals surface area contributed by atoms with Gasteiger partial charge in [-0.05, 0) is 24.5 Å². The predicted molar refractivity (Wildman–Crippen MR) is 60.6 cm³/mol. The van der Waals surface area contributed by atoms with Crippen LogP contribution in [-0.4, -0.2) is 23.9 Å². The van der Waals surface area contributed by atoms with Crippen molar-refractivity contribution in [1.29, 1.82) is 0 Å². The summed E-state index contributed by atoms with van der Waals surface area (Å²) in [6.45, 7) is 3.21. The zero-order valence-corrected chi connectivity index (χ0v) is 10.0. The van der Waals surface area contributed by atoms with Crippen LogP contribution in [-0.2, 0) is 0 Å². The lowest BCUT2D eigenvalue weighted by molar-refractivity contribution is 0.0785. The Morgan fingerprint density at radius 1 is 1.33 bits per heavy atom. The second-order valence-corrected chi connectivity index (χ2v) is 4.57. The number of carbonyl (C=O) groups excluding carboxylic acids is 1. The summed E-state index contributed by atoms with van der Waals surface area (Å²) in [5, 5.41) is 0. The number of amides is 1. The van der Waals surface area contributed by atoms with Crippen LogP contribution in [0.5, 0.6) is 0 Å². The number of rotatable bonds is 2. The summed E-state index contributed by atoms with van der Waals surface area (Å²) in [5.74, 6) is -4.21. The van der Waals surface area contributed by atoms with Crippen molar-refractivity contribution in [2.24, 2.45) is 5.92 Å². The van der Waals surface area contributed by atoms with Gasteiger partial charge in [0.25, 0.3) is 5.91 Å². The molecule has 0 saturated carbocycles. The fraction of sp³-hybridized carbons (Fsp3) is 0.462. The van der Waals surface area contributed by atoms with Crippen LogP contribution >= 0.6 is 0 Å². The molecule has 1 fully saturated rings. The SMILES string of the molecule is CCC1CCN(C(=O)c2cc(F)c(F)c(F)c2)C1. The molecule has 18 heavy (non-hydrogen) atoms. The van der Waals surface area contributed by atoms with E-state index in [0.717, 1.165) is 25.0 Å². The summed E-state index contributed by atoms with van der Waals surface area (Å²) in [5.41, 5.74) is -0.136. The first-order valence-electron chi connectivity index (χ1n) is 5.96. The first-order valence-corrected chi connectivity index (χ1v) is 5.96. The zero-order valence-electron chi connectivity index (χ0n) is 10.0. The van der Waals surface area contributed by atoms with E-state index in [1.165, 1.54) is 0 Å². The fourth-order valence-corrected chi connectivity index (χ4v) is 2.21. The highest BCUT2D eigenvalue weighted by Crippen LogP contribution is 2.22. The molecule has 5 heteroatoms. The highest BCUT2D eigenvalue weighted by molar-refractivity contribution is 5.94. The van der Waals surface area contributed by atoms with Gasteiger partial charge < -0.3 is 4.90 Å². The molecule has 1 heterocycles. The van der Waals surface area contributed by atoms with Gasteiger partial charge in [0.15, 0.2) is 17.5 Å². The second kappa shape index (κ2) is 5.00. The normalized spacial score (nSPS) is 19.3. The number of carbonyl (C=O) groups is 1. The molecule has 0 aromatic heterocycles. The first-order chi connectivity index (χ1) is 8.52. The molecule has 1 aliphatic rings. The summed E-state index contributed by atoms with van der Waals surface area (Å²) >= 11 is 0. The van der Waals surface area contributed by atoms with Gasteiger partial charge in [-0.2, -0.15) is 0 Å². The van der Waals surface area contributed by atoms with E-state index >= 15 is 0 Å². The van der Waals surface area contributed by atoms with Crippen molar-refractivity contribution in [3.8, 4) is 0 Å². The maximum Gasteiger partial charge on any atom is 0.254 e. The quantitative estimate of drug-likeness (QED) is 0.746. The molecule has 2 rings (SSSR count). The van der Waals surface area contributed by atoms with E-state index in [9.17, 15) is 18.0 Å². The molecule has 0 spiro atoms. The number of nitrogens with zero attached hydrogens (tertiary/aromatic N) is 1. The average Bonchev–Trinajstić information content (AvgIpc) is 2.83. The molecule has 0 radical (unpaired) electrons. The summed E-state index contributed by atoms with van der Waals surface area (Å²) < 4.78 is 38.9. The molecule has 1 atom stereocenters. The van der Waals surface area contributed by atoms with E-state index < -0.39 is 23.4 Å². The summed E-state index contributed by atoms with van der Waals surface area (Å²) in [6, 6.07) is 1.50. The number of hydrogen-bond acceptors (Lipinski definition) is 1. The summed E-state index contributed by atoms with van der Waals surface area (Å²) in [6.07, 6.45) is 1.87. The Balaban J connectivity index is 2.19.